The van der Waals surface area contributed by atoms with E-state index < -0.39 is 35.1 Å². The Labute approximate surface area is 163 Å². The van der Waals surface area contributed by atoms with Crippen molar-refractivity contribution < 1.29 is 28.0 Å². The van der Waals surface area contributed by atoms with Gasteiger partial charge in [-0.3, -0.25) is 14.5 Å². The van der Waals surface area contributed by atoms with Gasteiger partial charge in [0.15, 0.2) is 5.82 Å². The number of aliphatic hydroxyl groups excluding tert-OH is 1. The summed E-state index contributed by atoms with van der Waals surface area (Å²) in [6.45, 7) is 1.60. The molecule has 1 aromatic heterocycles. The summed E-state index contributed by atoms with van der Waals surface area (Å²) in [5, 5.41) is 14.6. The van der Waals surface area contributed by atoms with E-state index in [1.54, 1.807) is 13.0 Å². The second kappa shape index (κ2) is 6.97. The van der Waals surface area contributed by atoms with Gasteiger partial charge in [0.25, 0.3) is 5.78 Å². The minimum Gasteiger partial charge on any atom is -0.507 e. The summed E-state index contributed by atoms with van der Waals surface area (Å²) in [5.41, 5.74) is -0.217. The first-order chi connectivity index (χ1) is 13.9. The number of aromatic nitrogens is 1. The first-order valence-corrected chi connectivity index (χ1v) is 8.63. The number of amides is 1. The fourth-order valence-corrected chi connectivity index (χ4v) is 3.29. The maximum absolute atomic E-state index is 14.6. The fourth-order valence-electron chi connectivity index (χ4n) is 3.29. The van der Waals surface area contributed by atoms with Crippen LogP contribution in [0.15, 0.2) is 64.7 Å². The van der Waals surface area contributed by atoms with E-state index >= 15 is 0 Å². The number of benzene rings is 2. The molecule has 0 aliphatic carbocycles. The molecule has 1 fully saturated rings. The number of aliphatic hydroxyl groups is 1. The van der Waals surface area contributed by atoms with Crippen molar-refractivity contribution >= 4 is 23.3 Å². The zero-order chi connectivity index (χ0) is 20.7. The molecule has 4 rings (SSSR count). The van der Waals surface area contributed by atoms with E-state index in [1.165, 1.54) is 36.4 Å². The molecule has 1 amide bonds. The Kier molecular flexibility index (Phi) is 4.46. The van der Waals surface area contributed by atoms with Crippen molar-refractivity contribution in [3.8, 4) is 0 Å². The van der Waals surface area contributed by atoms with Gasteiger partial charge in [0.05, 0.1) is 11.6 Å². The van der Waals surface area contributed by atoms with Crippen molar-refractivity contribution in [2.75, 3.05) is 4.90 Å². The second-order valence-corrected chi connectivity index (χ2v) is 6.49. The molecule has 6 nitrogen and oxygen atoms in total. The third-order valence-electron chi connectivity index (χ3n) is 4.62. The quantitative estimate of drug-likeness (QED) is 0.413. The number of halogens is 2. The molecule has 2 aromatic carbocycles. The Hall–Kier alpha value is -3.81. The van der Waals surface area contributed by atoms with Crippen LogP contribution in [0, 0.1) is 18.6 Å². The van der Waals surface area contributed by atoms with Crippen LogP contribution in [-0.2, 0) is 9.59 Å². The number of carbonyl (C=O) groups excluding carboxylic acids is 2. The van der Waals surface area contributed by atoms with Crippen LogP contribution in [0.3, 0.4) is 0 Å². The Bertz CT molecular complexity index is 1150. The number of carbonyl (C=O) groups is 2. The number of nitrogens with zero attached hydrogens (tertiary/aromatic N) is 2. The molecule has 0 spiro atoms. The highest BCUT2D eigenvalue weighted by molar-refractivity contribution is 6.51. The molecular formula is C21H14F2N2O4. The van der Waals surface area contributed by atoms with E-state index in [0.717, 1.165) is 17.0 Å². The summed E-state index contributed by atoms with van der Waals surface area (Å²) in [4.78, 5) is 26.6. The lowest BCUT2D eigenvalue weighted by atomic mass is 9.95. The normalized spacial score (nSPS) is 18.4. The summed E-state index contributed by atoms with van der Waals surface area (Å²) >= 11 is 0. The van der Waals surface area contributed by atoms with Crippen LogP contribution < -0.4 is 4.90 Å². The van der Waals surface area contributed by atoms with Gasteiger partial charge < -0.3 is 9.63 Å². The van der Waals surface area contributed by atoms with E-state index in [0.29, 0.717) is 5.76 Å². The van der Waals surface area contributed by atoms with E-state index in [-0.39, 0.29) is 22.5 Å². The number of hydrogen-bond acceptors (Lipinski definition) is 5. The minimum atomic E-state index is -1.27. The lowest BCUT2D eigenvalue weighted by Gasteiger charge is -2.23. The summed E-state index contributed by atoms with van der Waals surface area (Å²) in [7, 11) is 0. The monoisotopic (exact) mass is 396 g/mol. The minimum absolute atomic E-state index is 0.00369. The molecule has 29 heavy (non-hydrogen) atoms. The molecule has 1 aliphatic heterocycles. The van der Waals surface area contributed by atoms with Gasteiger partial charge in [0, 0.05) is 17.2 Å². The number of rotatable bonds is 3. The SMILES string of the molecule is Cc1cc(N2C(=O)C(=O)/C(=C(/O)c3ccc(F)cc3)[C@@H]2c2ccccc2F)no1. The highest BCUT2D eigenvalue weighted by Crippen LogP contribution is 2.42. The van der Waals surface area contributed by atoms with Crippen LogP contribution in [0.5, 0.6) is 0 Å². The van der Waals surface area contributed by atoms with Crippen molar-refractivity contribution in [2.24, 2.45) is 0 Å². The molecule has 3 aromatic rings. The maximum Gasteiger partial charge on any atom is 0.301 e. The number of anilines is 1. The Morgan fingerprint density at radius 1 is 1.10 bits per heavy atom. The van der Waals surface area contributed by atoms with Crippen LogP contribution in [0.1, 0.15) is 22.9 Å². The fraction of sp³-hybridized carbons (Fsp3) is 0.0952. The Balaban J connectivity index is 1.97. The standard InChI is InChI=1S/C21H14F2N2O4/c1-11-10-16(24-29-11)25-18(14-4-2-3-5-15(14)23)17(20(27)21(25)28)19(26)12-6-8-13(22)9-7-12/h2-10,18,26H,1H3/b19-17+/t18-/m0/s1. The van der Waals surface area contributed by atoms with Gasteiger partial charge in [0.2, 0.25) is 0 Å². The van der Waals surface area contributed by atoms with Crippen molar-refractivity contribution in [3.63, 3.8) is 0 Å². The van der Waals surface area contributed by atoms with Gasteiger partial charge in [-0.2, -0.15) is 0 Å². The topological polar surface area (TPSA) is 83.6 Å². The van der Waals surface area contributed by atoms with Gasteiger partial charge in [-0.15, -0.1) is 0 Å². The van der Waals surface area contributed by atoms with E-state index in [1.807, 2.05) is 0 Å². The number of aryl methyl sites for hydroxylation is 1. The summed E-state index contributed by atoms with van der Waals surface area (Å²) in [6.07, 6.45) is 0. The summed E-state index contributed by atoms with van der Waals surface area (Å²) in [5.74, 6) is -3.36. The van der Waals surface area contributed by atoms with Gasteiger partial charge in [-0.1, -0.05) is 23.4 Å². The molecule has 0 radical (unpaired) electrons. The zero-order valence-electron chi connectivity index (χ0n) is 15.1. The lowest BCUT2D eigenvalue weighted by molar-refractivity contribution is -0.132. The number of Topliss-reactive ketones (excluding diaryl/α,β-unsaturated/α-hetero) is 1. The van der Waals surface area contributed by atoms with E-state index in [2.05, 4.69) is 5.16 Å². The summed E-state index contributed by atoms with van der Waals surface area (Å²) < 4.78 is 32.9. The van der Waals surface area contributed by atoms with Crippen molar-refractivity contribution in [3.05, 3.63) is 88.7 Å². The van der Waals surface area contributed by atoms with Gasteiger partial charge in [-0.05, 0) is 37.3 Å². The molecule has 0 saturated carbocycles. The van der Waals surface area contributed by atoms with Crippen LogP contribution in [-0.4, -0.2) is 22.0 Å². The lowest BCUT2D eigenvalue weighted by Crippen LogP contribution is -2.30. The zero-order valence-corrected chi connectivity index (χ0v) is 15.1. The molecule has 8 heteroatoms. The van der Waals surface area contributed by atoms with Gasteiger partial charge in [-0.25, -0.2) is 8.78 Å². The number of hydrogen-bond donors (Lipinski definition) is 1. The predicted octanol–water partition coefficient (Wildman–Crippen LogP) is 3.89. The van der Waals surface area contributed by atoms with Gasteiger partial charge >= 0.3 is 5.91 Å². The highest BCUT2D eigenvalue weighted by Gasteiger charge is 2.48. The Morgan fingerprint density at radius 2 is 1.79 bits per heavy atom. The molecule has 1 saturated heterocycles. The molecular weight excluding hydrogens is 382 g/mol. The van der Waals surface area contributed by atoms with Crippen molar-refractivity contribution in [2.45, 2.75) is 13.0 Å². The third kappa shape index (κ3) is 3.08. The van der Waals surface area contributed by atoms with Gasteiger partial charge in [0.1, 0.15) is 23.2 Å². The molecule has 0 unspecified atom stereocenters. The number of ketones is 1. The smallest absolute Gasteiger partial charge is 0.301 e. The predicted molar refractivity (Wildman–Crippen MR) is 98.8 cm³/mol. The van der Waals surface area contributed by atoms with Crippen molar-refractivity contribution in [1.82, 2.24) is 5.16 Å². The summed E-state index contributed by atoms with van der Waals surface area (Å²) in [6, 6.07) is 10.5. The molecule has 1 aliphatic rings. The van der Waals surface area contributed by atoms with Crippen LogP contribution in [0.2, 0.25) is 0 Å². The van der Waals surface area contributed by atoms with Crippen LogP contribution in [0.25, 0.3) is 5.76 Å². The molecule has 1 atom stereocenters. The molecule has 2 heterocycles. The van der Waals surface area contributed by atoms with E-state index in [4.69, 9.17) is 4.52 Å². The molecule has 146 valence electrons. The third-order valence-corrected chi connectivity index (χ3v) is 4.62. The molecule has 1 N–H and O–H groups in total. The first-order valence-electron chi connectivity index (χ1n) is 8.63. The average Bonchev–Trinajstić information content (AvgIpc) is 3.23. The van der Waals surface area contributed by atoms with Crippen LogP contribution >= 0.6 is 0 Å². The maximum atomic E-state index is 14.6. The largest absolute Gasteiger partial charge is 0.507 e. The van der Waals surface area contributed by atoms with Crippen molar-refractivity contribution in [1.29, 1.82) is 0 Å². The second-order valence-electron chi connectivity index (χ2n) is 6.49. The molecule has 0 bridgehead atoms. The first kappa shape index (κ1) is 18.5. The average molecular weight is 396 g/mol. The van der Waals surface area contributed by atoms with Crippen LogP contribution in [0.4, 0.5) is 14.6 Å². The highest BCUT2D eigenvalue weighted by atomic mass is 19.1. The van der Waals surface area contributed by atoms with E-state index in [9.17, 15) is 23.5 Å². The Morgan fingerprint density at radius 3 is 2.41 bits per heavy atom.